The zero-order valence-electron chi connectivity index (χ0n) is 21.6. The summed E-state index contributed by atoms with van der Waals surface area (Å²) in [6.45, 7) is 0. The molecule has 196 valence electrons. The van der Waals surface area contributed by atoms with Crippen LogP contribution in [0.25, 0.3) is 6.08 Å². The van der Waals surface area contributed by atoms with Gasteiger partial charge in [0.25, 0.3) is 0 Å². The van der Waals surface area contributed by atoms with Gasteiger partial charge >= 0.3 is 0 Å². The summed E-state index contributed by atoms with van der Waals surface area (Å²) in [5.74, 6) is -0.804. The Morgan fingerprint density at radius 2 is 1.45 bits per heavy atom. The molecule has 0 N–H and O–H groups in total. The van der Waals surface area contributed by atoms with Gasteiger partial charge in [-0.25, -0.2) is 0 Å². The van der Waals surface area contributed by atoms with Gasteiger partial charge in [0, 0.05) is 33.3 Å². The minimum absolute atomic E-state index is 0.180. The average Bonchev–Trinajstić information content (AvgIpc) is 3.43. The van der Waals surface area contributed by atoms with Gasteiger partial charge in [-0.05, 0) is 53.6 Å². The monoisotopic (exact) mass is 545 g/mol. The van der Waals surface area contributed by atoms with Crippen LogP contribution in [0.5, 0.6) is 5.75 Å². The number of carbonyl (C=O) groups is 3. The fraction of sp³-hybridized carbons (Fsp3) is 0.147. The van der Waals surface area contributed by atoms with E-state index in [1.807, 2.05) is 65.6 Å². The number of para-hydroxylation sites is 1. The summed E-state index contributed by atoms with van der Waals surface area (Å²) in [4.78, 5) is 45.8. The summed E-state index contributed by atoms with van der Waals surface area (Å²) >= 11 is 6.16. The van der Waals surface area contributed by atoms with Crippen molar-refractivity contribution in [3.63, 3.8) is 0 Å². The molecule has 0 aromatic heterocycles. The van der Waals surface area contributed by atoms with Crippen LogP contribution in [-0.2, 0) is 0 Å². The van der Waals surface area contributed by atoms with Gasteiger partial charge in [0.05, 0.1) is 13.2 Å². The van der Waals surface area contributed by atoms with E-state index < -0.39 is 23.4 Å². The number of benzene rings is 4. The van der Waals surface area contributed by atoms with Crippen molar-refractivity contribution in [2.75, 3.05) is 12.0 Å². The summed E-state index contributed by atoms with van der Waals surface area (Å²) in [6.07, 6.45) is 3.89. The van der Waals surface area contributed by atoms with E-state index in [1.165, 1.54) is 0 Å². The lowest BCUT2D eigenvalue weighted by Crippen LogP contribution is -2.48. The third-order valence-electron chi connectivity index (χ3n) is 8.59. The van der Waals surface area contributed by atoms with Gasteiger partial charge in [-0.3, -0.25) is 14.4 Å². The first-order chi connectivity index (χ1) is 19.5. The van der Waals surface area contributed by atoms with Crippen LogP contribution in [0.4, 0.5) is 5.69 Å². The topological polar surface area (TPSA) is 63.7 Å². The highest BCUT2D eigenvalue weighted by atomic mass is 35.5. The Morgan fingerprint density at radius 1 is 0.825 bits per heavy atom. The molecule has 2 heterocycles. The maximum atomic E-state index is 14.6. The molecule has 3 aliphatic rings. The molecule has 3 atom stereocenters. The number of methoxy groups -OCH3 is 1. The van der Waals surface area contributed by atoms with Gasteiger partial charge in [0.15, 0.2) is 17.3 Å². The molecule has 0 radical (unpaired) electrons. The number of Topliss-reactive ketones (excluding diaryl/α,β-unsaturated/α-hetero) is 3. The summed E-state index contributed by atoms with van der Waals surface area (Å²) in [6, 6.07) is 27.4. The first kappa shape index (κ1) is 24.6. The minimum Gasteiger partial charge on any atom is -0.497 e. The van der Waals surface area contributed by atoms with E-state index in [4.69, 9.17) is 16.3 Å². The Hall–Kier alpha value is -4.48. The first-order valence-corrected chi connectivity index (χ1v) is 13.5. The molecular formula is C34H24ClNO4. The molecule has 40 heavy (non-hydrogen) atoms. The minimum atomic E-state index is -1.53. The predicted octanol–water partition coefficient (Wildman–Crippen LogP) is 6.66. The van der Waals surface area contributed by atoms with Crippen molar-refractivity contribution >= 4 is 40.7 Å². The number of ether oxygens (including phenoxy) is 1. The second kappa shape index (κ2) is 9.04. The molecule has 6 heteroatoms. The Balaban J connectivity index is 1.53. The smallest absolute Gasteiger partial charge is 0.185 e. The lowest BCUT2D eigenvalue weighted by molar-refractivity contribution is 0.0666. The molecule has 1 aliphatic carbocycles. The van der Waals surface area contributed by atoms with Gasteiger partial charge in [-0.1, -0.05) is 78.4 Å². The number of rotatable bonds is 4. The highest BCUT2D eigenvalue weighted by molar-refractivity contribution is 6.32. The fourth-order valence-electron chi connectivity index (χ4n) is 6.89. The molecule has 4 aromatic carbocycles. The molecule has 7 rings (SSSR count). The second-order valence-electron chi connectivity index (χ2n) is 10.4. The molecule has 2 aliphatic heterocycles. The SMILES string of the molecule is COc1ccc([C@H]2[C@H](C(=O)c3ccc(Cl)cc3)N3c4ccccc4C=C[C@@H]3C23C(=O)c2ccccc2C3=O)cc1. The molecule has 4 aromatic rings. The van der Waals surface area contributed by atoms with Crippen LogP contribution in [0.1, 0.15) is 48.1 Å². The van der Waals surface area contributed by atoms with Crippen molar-refractivity contribution in [2.45, 2.75) is 18.0 Å². The number of ketones is 3. The van der Waals surface area contributed by atoms with Crippen molar-refractivity contribution in [1.82, 2.24) is 0 Å². The van der Waals surface area contributed by atoms with Gasteiger partial charge in [-0.2, -0.15) is 0 Å². The van der Waals surface area contributed by atoms with Crippen molar-refractivity contribution in [3.8, 4) is 5.75 Å². The Morgan fingerprint density at radius 3 is 2.10 bits per heavy atom. The normalized spacial score (nSPS) is 21.8. The molecule has 1 spiro atoms. The van der Waals surface area contributed by atoms with Gasteiger partial charge < -0.3 is 9.64 Å². The average molecular weight is 546 g/mol. The Labute approximate surface area is 236 Å². The predicted molar refractivity (Wildman–Crippen MR) is 155 cm³/mol. The lowest BCUT2D eigenvalue weighted by Gasteiger charge is -2.37. The number of nitrogens with zero attached hydrogens (tertiary/aromatic N) is 1. The Bertz CT molecular complexity index is 1690. The van der Waals surface area contributed by atoms with Crippen LogP contribution >= 0.6 is 11.6 Å². The van der Waals surface area contributed by atoms with E-state index in [9.17, 15) is 14.4 Å². The molecular weight excluding hydrogens is 522 g/mol. The number of fused-ring (bicyclic) bond motifs is 5. The maximum absolute atomic E-state index is 14.6. The van der Waals surface area contributed by atoms with Gasteiger partial charge in [0.2, 0.25) is 0 Å². The van der Waals surface area contributed by atoms with Crippen molar-refractivity contribution < 1.29 is 19.1 Å². The van der Waals surface area contributed by atoms with E-state index in [0.717, 1.165) is 16.8 Å². The van der Waals surface area contributed by atoms with Gasteiger partial charge in [0.1, 0.15) is 17.2 Å². The summed E-state index contributed by atoms with van der Waals surface area (Å²) in [5.41, 5.74) is 2.20. The Kier molecular flexibility index (Phi) is 5.55. The number of carbonyl (C=O) groups excluding carboxylic acids is 3. The summed E-state index contributed by atoms with van der Waals surface area (Å²) in [5, 5.41) is 0.520. The van der Waals surface area contributed by atoms with Crippen LogP contribution in [0, 0.1) is 5.41 Å². The maximum Gasteiger partial charge on any atom is 0.185 e. The quantitative estimate of drug-likeness (QED) is 0.212. The van der Waals surface area contributed by atoms with Crippen molar-refractivity contribution in [1.29, 1.82) is 0 Å². The molecule has 0 saturated carbocycles. The zero-order valence-corrected chi connectivity index (χ0v) is 22.3. The number of halogens is 1. The van der Waals surface area contributed by atoms with Crippen molar-refractivity contribution in [2.24, 2.45) is 5.41 Å². The number of anilines is 1. The van der Waals surface area contributed by atoms with E-state index in [2.05, 4.69) is 0 Å². The largest absolute Gasteiger partial charge is 0.497 e. The van der Waals surface area contributed by atoms with Gasteiger partial charge in [-0.15, -0.1) is 0 Å². The highest BCUT2D eigenvalue weighted by Crippen LogP contribution is 2.61. The molecule has 5 nitrogen and oxygen atoms in total. The summed E-state index contributed by atoms with van der Waals surface area (Å²) < 4.78 is 5.40. The second-order valence-corrected chi connectivity index (χ2v) is 10.8. The van der Waals surface area contributed by atoms with E-state index in [-0.39, 0.29) is 17.3 Å². The zero-order chi connectivity index (χ0) is 27.6. The molecule has 0 bridgehead atoms. The number of hydrogen-bond acceptors (Lipinski definition) is 5. The molecule has 0 amide bonds. The molecule has 0 unspecified atom stereocenters. The van der Waals surface area contributed by atoms with Crippen LogP contribution < -0.4 is 9.64 Å². The van der Waals surface area contributed by atoms with Crippen LogP contribution in [0.15, 0.2) is 103 Å². The third-order valence-corrected chi connectivity index (χ3v) is 8.84. The highest BCUT2D eigenvalue weighted by Gasteiger charge is 2.71. The fourth-order valence-corrected chi connectivity index (χ4v) is 7.01. The third kappa shape index (κ3) is 3.24. The summed E-state index contributed by atoms with van der Waals surface area (Å²) in [7, 11) is 1.58. The van der Waals surface area contributed by atoms with E-state index in [0.29, 0.717) is 27.5 Å². The van der Waals surface area contributed by atoms with Crippen LogP contribution in [0.2, 0.25) is 5.02 Å². The molecule has 1 saturated heterocycles. The first-order valence-electron chi connectivity index (χ1n) is 13.1. The van der Waals surface area contributed by atoms with Crippen molar-refractivity contribution in [3.05, 3.63) is 136 Å². The van der Waals surface area contributed by atoms with E-state index >= 15 is 0 Å². The lowest BCUT2D eigenvalue weighted by atomic mass is 9.64. The number of hydrogen-bond donors (Lipinski definition) is 0. The van der Waals surface area contributed by atoms with E-state index in [1.54, 1.807) is 55.6 Å². The standard InChI is InChI=1S/C34H24ClNO4/c1-40-24-17-12-21(13-18-24)29-30(31(37)22-10-15-23(35)16-11-22)36-27-9-5-2-6-20(27)14-19-28(36)34(29)32(38)25-7-3-4-8-26(25)33(34)39/h2-19,28-30H,1H3/t28-,29+,30-/m1/s1. The molecule has 1 fully saturated rings. The van der Waals surface area contributed by atoms with Crippen LogP contribution in [0.3, 0.4) is 0 Å². The van der Waals surface area contributed by atoms with Crippen LogP contribution in [-0.4, -0.2) is 36.5 Å².